The highest BCUT2D eigenvalue weighted by molar-refractivity contribution is 5.38. The number of nitrogens with two attached hydrogens (primary N) is 2. The number of rotatable bonds is 3. The van der Waals surface area contributed by atoms with E-state index in [9.17, 15) is 0 Å². The monoisotopic (exact) mass is 245 g/mol. The van der Waals surface area contributed by atoms with Gasteiger partial charge in [-0.25, -0.2) is 0 Å². The van der Waals surface area contributed by atoms with Crippen molar-refractivity contribution in [3.63, 3.8) is 0 Å². The zero-order valence-electron chi connectivity index (χ0n) is 10.9. The predicted molar refractivity (Wildman–Crippen MR) is 74.5 cm³/mol. The first-order valence-electron chi connectivity index (χ1n) is 7.08. The maximum absolute atomic E-state index is 6.22. The zero-order valence-corrected chi connectivity index (χ0v) is 10.9. The quantitative estimate of drug-likeness (QED) is 0.755. The standard InChI is InChI=1S/C15H23N3/c16-8-12-7-11(3-4-13(12)10-1-2-10)14-5-6-18-9-15(14)17/h3-4,7,10,14-15,18H,1-2,5-6,8-9,16-17H2. The molecule has 1 aliphatic carbocycles. The van der Waals surface area contributed by atoms with Crippen molar-refractivity contribution in [2.75, 3.05) is 13.1 Å². The molecule has 2 atom stereocenters. The molecule has 98 valence electrons. The lowest BCUT2D eigenvalue weighted by molar-refractivity contribution is 0.403. The van der Waals surface area contributed by atoms with E-state index >= 15 is 0 Å². The number of hydrogen-bond donors (Lipinski definition) is 3. The van der Waals surface area contributed by atoms with Crippen LogP contribution in [0, 0.1) is 0 Å². The summed E-state index contributed by atoms with van der Waals surface area (Å²) in [5.41, 5.74) is 16.3. The molecule has 3 heteroatoms. The Kier molecular flexibility index (Phi) is 3.37. The van der Waals surface area contributed by atoms with E-state index in [4.69, 9.17) is 11.5 Å². The van der Waals surface area contributed by atoms with Gasteiger partial charge in [0.1, 0.15) is 0 Å². The third-order valence-corrected chi connectivity index (χ3v) is 4.36. The largest absolute Gasteiger partial charge is 0.326 e. The molecule has 3 rings (SSSR count). The third kappa shape index (κ3) is 2.30. The number of piperidine rings is 1. The van der Waals surface area contributed by atoms with Gasteiger partial charge in [0.25, 0.3) is 0 Å². The molecule has 1 saturated heterocycles. The van der Waals surface area contributed by atoms with E-state index in [1.165, 1.54) is 29.5 Å². The number of nitrogens with one attached hydrogen (secondary N) is 1. The van der Waals surface area contributed by atoms with Crippen LogP contribution in [0.3, 0.4) is 0 Å². The Balaban J connectivity index is 1.87. The molecule has 0 amide bonds. The molecule has 18 heavy (non-hydrogen) atoms. The van der Waals surface area contributed by atoms with Gasteiger partial charge in [-0.2, -0.15) is 0 Å². The summed E-state index contributed by atoms with van der Waals surface area (Å²) in [5.74, 6) is 1.27. The molecule has 0 bridgehead atoms. The Morgan fingerprint density at radius 3 is 2.72 bits per heavy atom. The van der Waals surface area contributed by atoms with Crippen LogP contribution < -0.4 is 16.8 Å². The van der Waals surface area contributed by atoms with Crippen LogP contribution in [-0.4, -0.2) is 19.1 Å². The molecule has 1 heterocycles. The van der Waals surface area contributed by atoms with Crippen LogP contribution in [0.5, 0.6) is 0 Å². The molecule has 3 nitrogen and oxygen atoms in total. The highest BCUT2D eigenvalue weighted by Crippen LogP contribution is 2.42. The van der Waals surface area contributed by atoms with Crippen molar-refractivity contribution in [1.82, 2.24) is 5.32 Å². The van der Waals surface area contributed by atoms with Crippen LogP contribution >= 0.6 is 0 Å². The first-order valence-corrected chi connectivity index (χ1v) is 7.08. The Labute approximate surface area is 109 Å². The van der Waals surface area contributed by atoms with Gasteiger partial charge >= 0.3 is 0 Å². The lowest BCUT2D eigenvalue weighted by Gasteiger charge is -2.30. The fourth-order valence-electron chi connectivity index (χ4n) is 3.12. The number of hydrogen-bond acceptors (Lipinski definition) is 3. The minimum atomic E-state index is 0.233. The molecule has 1 aromatic rings. The SMILES string of the molecule is NCc1cc(C2CCNCC2N)ccc1C1CC1. The molecule has 0 spiro atoms. The van der Waals surface area contributed by atoms with Gasteiger partial charge < -0.3 is 16.8 Å². The summed E-state index contributed by atoms with van der Waals surface area (Å²) in [4.78, 5) is 0. The summed E-state index contributed by atoms with van der Waals surface area (Å²) < 4.78 is 0. The normalized spacial score (nSPS) is 28.3. The van der Waals surface area contributed by atoms with Crippen molar-refractivity contribution in [3.05, 3.63) is 34.9 Å². The molecule has 2 unspecified atom stereocenters. The van der Waals surface area contributed by atoms with Gasteiger partial charge in [-0.15, -0.1) is 0 Å². The van der Waals surface area contributed by atoms with E-state index < -0.39 is 0 Å². The van der Waals surface area contributed by atoms with Crippen LogP contribution in [-0.2, 0) is 6.54 Å². The van der Waals surface area contributed by atoms with E-state index in [0.29, 0.717) is 12.5 Å². The van der Waals surface area contributed by atoms with Crippen LogP contribution in [0.2, 0.25) is 0 Å². The lowest BCUT2D eigenvalue weighted by Crippen LogP contribution is -2.44. The fourth-order valence-corrected chi connectivity index (χ4v) is 3.12. The number of benzene rings is 1. The molecule has 1 aliphatic heterocycles. The van der Waals surface area contributed by atoms with Crippen molar-refractivity contribution in [1.29, 1.82) is 0 Å². The Bertz CT molecular complexity index is 426. The van der Waals surface area contributed by atoms with Crippen LogP contribution in [0.4, 0.5) is 0 Å². The molecule has 0 radical (unpaired) electrons. The average Bonchev–Trinajstić information content (AvgIpc) is 3.23. The van der Waals surface area contributed by atoms with Crippen molar-refractivity contribution in [2.45, 2.75) is 43.7 Å². The van der Waals surface area contributed by atoms with Gasteiger partial charge in [0.05, 0.1) is 0 Å². The first-order chi connectivity index (χ1) is 8.79. The van der Waals surface area contributed by atoms with Crippen LogP contribution in [0.25, 0.3) is 0 Å². The summed E-state index contributed by atoms with van der Waals surface area (Å²) in [5, 5.41) is 3.35. The van der Waals surface area contributed by atoms with Crippen LogP contribution in [0.15, 0.2) is 18.2 Å². The molecule has 1 saturated carbocycles. The van der Waals surface area contributed by atoms with E-state index in [1.54, 1.807) is 0 Å². The second-order valence-electron chi connectivity index (χ2n) is 5.70. The van der Waals surface area contributed by atoms with Crippen LogP contribution in [0.1, 0.15) is 47.8 Å². The minimum absolute atomic E-state index is 0.233. The summed E-state index contributed by atoms with van der Waals surface area (Å²) in [6.07, 6.45) is 3.80. The van der Waals surface area contributed by atoms with Gasteiger partial charge in [-0.1, -0.05) is 18.2 Å². The highest BCUT2D eigenvalue weighted by Gasteiger charge is 2.28. The van der Waals surface area contributed by atoms with E-state index in [1.807, 2.05) is 0 Å². The fraction of sp³-hybridized carbons (Fsp3) is 0.600. The van der Waals surface area contributed by atoms with Crippen molar-refractivity contribution >= 4 is 0 Å². The molecule has 2 aliphatic rings. The van der Waals surface area contributed by atoms with Gasteiger partial charge in [-0.3, -0.25) is 0 Å². The maximum atomic E-state index is 6.22. The maximum Gasteiger partial charge on any atom is 0.0235 e. The molecule has 2 fully saturated rings. The molecule has 0 aromatic heterocycles. The van der Waals surface area contributed by atoms with Gasteiger partial charge in [0, 0.05) is 25.0 Å². The topological polar surface area (TPSA) is 64.1 Å². The van der Waals surface area contributed by atoms with Gasteiger partial charge in [-0.05, 0) is 48.4 Å². The van der Waals surface area contributed by atoms with Crippen molar-refractivity contribution in [3.8, 4) is 0 Å². The molecule has 5 N–H and O–H groups in total. The second-order valence-corrected chi connectivity index (χ2v) is 5.70. The lowest BCUT2D eigenvalue weighted by atomic mass is 9.84. The van der Waals surface area contributed by atoms with E-state index in [0.717, 1.165) is 25.4 Å². The summed E-state index contributed by atoms with van der Waals surface area (Å²) >= 11 is 0. The summed E-state index contributed by atoms with van der Waals surface area (Å²) in [6.45, 7) is 2.65. The van der Waals surface area contributed by atoms with Crippen molar-refractivity contribution < 1.29 is 0 Å². The highest BCUT2D eigenvalue weighted by atomic mass is 14.9. The van der Waals surface area contributed by atoms with Gasteiger partial charge in [0.2, 0.25) is 0 Å². The molecule has 1 aromatic carbocycles. The Morgan fingerprint density at radius 2 is 2.06 bits per heavy atom. The Hall–Kier alpha value is -0.900. The summed E-state index contributed by atoms with van der Waals surface area (Å²) in [6, 6.07) is 7.12. The predicted octanol–water partition coefficient (Wildman–Crippen LogP) is 1.43. The smallest absolute Gasteiger partial charge is 0.0235 e. The molecular weight excluding hydrogens is 222 g/mol. The minimum Gasteiger partial charge on any atom is -0.326 e. The average molecular weight is 245 g/mol. The Morgan fingerprint density at radius 1 is 1.22 bits per heavy atom. The van der Waals surface area contributed by atoms with E-state index in [-0.39, 0.29) is 6.04 Å². The third-order valence-electron chi connectivity index (χ3n) is 4.36. The zero-order chi connectivity index (χ0) is 12.5. The molecular formula is C15H23N3. The second kappa shape index (κ2) is 5.00. The van der Waals surface area contributed by atoms with E-state index in [2.05, 4.69) is 23.5 Å². The first kappa shape index (κ1) is 12.2. The summed E-state index contributed by atoms with van der Waals surface area (Å²) in [7, 11) is 0. The van der Waals surface area contributed by atoms with Crippen molar-refractivity contribution in [2.24, 2.45) is 11.5 Å². The van der Waals surface area contributed by atoms with Gasteiger partial charge in [0.15, 0.2) is 0 Å².